The summed E-state index contributed by atoms with van der Waals surface area (Å²) < 4.78 is 14.6. The number of rotatable bonds is 5. The molecule has 0 aliphatic heterocycles. The first-order chi connectivity index (χ1) is 12.3. The van der Waals surface area contributed by atoms with Crippen molar-refractivity contribution in [2.75, 3.05) is 11.9 Å². The summed E-state index contributed by atoms with van der Waals surface area (Å²) in [7, 11) is 0. The van der Waals surface area contributed by atoms with Gasteiger partial charge in [0.05, 0.1) is 11.3 Å². The molecule has 2 aromatic rings. The SMILES string of the molecule is Cc1nc(NCC2CCC(c3cc(Cl)cc(C(N)=O)c3F)CC2)sc1C. The van der Waals surface area contributed by atoms with Gasteiger partial charge in [0.25, 0.3) is 5.91 Å². The molecule has 1 saturated carbocycles. The van der Waals surface area contributed by atoms with Crippen LogP contribution in [0.5, 0.6) is 0 Å². The highest BCUT2D eigenvalue weighted by Crippen LogP contribution is 2.38. The first kappa shape index (κ1) is 19.1. The molecule has 3 rings (SSSR count). The van der Waals surface area contributed by atoms with Gasteiger partial charge < -0.3 is 11.1 Å². The molecule has 0 bridgehead atoms. The van der Waals surface area contributed by atoms with E-state index >= 15 is 0 Å². The highest BCUT2D eigenvalue weighted by Gasteiger charge is 2.26. The molecule has 1 aromatic carbocycles. The predicted molar refractivity (Wildman–Crippen MR) is 105 cm³/mol. The van der Waals surface area contributed by atoms with Crippen molar-refractivity contribution < 1.29 is 9.18 Å². The molecule has 0 unspecified atom stereocenters. The summed E-state index contributed by atoms with van der Waals surface area (Å²) in [6.07, 6.45) is 3.74. The maximum absolute atomic E-state index is 14.6. The molecule has 1 aliphatic carbocycles. The molecule has 140 valence electrons. The summed E-state index contributed by atoms with van der Waals surface area (Å²) in [5.74, 6) is -0.684. The Kier molecular flexibility index (Phi) is 5.82. The molecule has 26 heavy (non-hydrogen) atoms. The Balaban J connectivity index is 1.61. The van der Waals surface area contributed by atoms with Crippen LogP contribution in [0.4, 0.5) is 9.52 Å². The second kappa shape index (κ2) is 7.92. The number of amides is 1. The first-order valence-electron chi connectivity index (χ1n) is 8.81. The standard InChI is InChI=1S/C19H23ClFN3OS/c1-10-11(2)26-19(24-10)23-9-12-3-5-13(6-4-12)15-7-14(20)8-16(17(15)21)18(22)25/h7-8,12-13H,3-6,9H2,1-2H3,(H2,22,25)(H,23,24). The Labute approximate surface area is 162 Å². The van der Waals surface area contributed by atoms with Crippen LogP contribution >= 0.6 is 22.9 Å². The van der Waals surface area contributed by atoms with Crippen LogP contribution < -0.4 is 11.1 Å². The molecular formula is C19H23ClFN3OS. The van der Waals surface area contributed by atoms with Gasteiger partial charge in [-0.2, -0.15) is 0 Å². The first-order valence-corrected chi connectivity index (χ1v) is 10.0. The summed E-state index contributed by atoms with van der Waals surface area (Å²) in [5, 5.41) is 4.75. The van der Waals surface area contributed by atoms with E-state index in [1.54, 1.807) is 17.4 Å². The van der Waals surface area contributed by atoms with Crippen LogP contribution in [0.3, 0.4) is 0 Å². The average molecular weight is 396 g/mol. The Morgan fingerprint density at radius 2 is 2.04 bits per heavy atom. The number of anilines is 1. The third-order valence-electron chi connectivity index (χ3n) is 5.19. The minimum absolute atomic E-state index is 0.0763. The van der Waals surface area contributed by atoms with Crippen molar-refractivity contribution in [3.05, 3.63) is 44.7 Å². The van der Waals surface area contributed by atoms with Crippen molar-refractivity contribution >= 4 is 34.0 Å². The Morgan fingerprint density at radius 3 is 2.62 bits per heavy atom. The molecule has 1 fully saturated rings. The number of benzene rings is 1. The van der Waals surface area contributed by atoms with Crippen LogP contribution in [0.2, 0.25) is 5.02 Å². The Hall–Kier alpha value is -1.66. The van der Waals surface area contributed by atoms with Crippen LogP contribution in [0, 0.1) is 25.6 Å². The van der Waals surface area contributed by atoms with Gasteiger partial charge in [-0.05, 0) is 69.1 Å². The van der Waals surface area contributed by atoms with Gasteiger partial charge in [0.2, 0.25) is 0 Å². The molecule has 0 atom stereocenters. The fraction of sp³-hybridized carbons (Fsp3) is 0.474. The summed E-state index contributed by atoms with van der Waals surface area (Å²) in [5.41, 5.74) is 6.73. The molecule has 1 aliphatic rings. The molecule has 1 heterocycles. The summed E-state index contributed by atoms with van der Waals surface area (Å²) in [6.45, 7) is 4.97. The number of halogens is 2. The van der Waals surface area contributed by atoms with Gasteiger partial charge in [-0.3, -0.25) is 4.79 Å². The molecule has 1 aromatic heterocycles. The van der Waals surface area contributed by atoms with E-state index in [0.717, 1.165) is 43.1 Å². The highest BCUT2D eigenvalue weighted by atomic mass is 35.5. The normalized spacial score (nSPS) is 20.2. The predicted octanol–water partition coefficient (Wildman–Crippen LogP) is 5.04. The van der Waals surface area contributed by atoms with Gasteiger partial charge in [-0.15, -0.1) is 11.3 Å². The van der Waals surface area contributed by atoms with E-state index in [-0.39, 0.29) is 11.5 Å². The van der Waals surface area contributed by atoms with Gasteiger partial charge in [0, 0.05) is 16.4 Å². The maximum Gasteiger partial charge on any atom is 0.251 e. The minimum Gasteiger partial charge on any atom is -0.366 e. The number of nitrogens with zero attached hydrogens (tertiary/aromatic N) is 1. The molecule has 1 amide bonds. The molecule has 0 saturated heterocycles. The number of nitrogens with two attached hydrogens (primary N) is 1. The lowest BCUT2D eigenvalue weighted by molar-refractivity contribution is 0.0996. The molecule has 4 nitrogen and oxygen atoms in total. The van der Waals surface area contributed by atoms with Gasteiger partial charge in [-0.25, -0.2) is 9.37 Å². The monoisotopic (exact) mass is 395 g/mol. The van der Waals surface area contributed by atoms with Crippen LogP contribution in [0.15, 0.2) is 12.1 Å². The van der Waals surface area contributed by atoms with Crippen molar-refractivity contribution in [2.45, 2.75) is 45.4 Å². The third-order valence-corrected chi connectivity index (χ3v) is 6.44. The number of primary amides is 1. The topological polar surface area (TPSA) is 68.0 Å². The Morgan fingerprint density at radius 1 is 1.35 bits per heavy atom. The molecular weight excluding hydrogens is 373 g/mol. The zero-order valence-electron chi connectivity index (χ0n) is 14.9. The largest absolute Gasteiger partial charge is 0.366 e. The number of nitrogens with one attached hydrogen (secondary N) is 1. The lowest BCUT2D eigenvalue weighted by atomic mass is 9.78. The molecule has 0 radical (unpaired) electrons. The van der Waals surface area contributed by atoms with Crippen molar-refractivity contribution in [2.24, 2.45) is 11.7 Å². The van der Waals surface area contributed by atoms with Crippen LogP contribution in [0.25, 0.3) is 0 Å². The van der Waals surface area contributed by atoms with E-state index in [1.165, 1.54) is 10.9 Å². The number of hydrogen-bond donors (Lipinski definition) is 2. The Bertz CT molecular complexity index is 796. The van der Waals surface area contributed by atoms with Crippen molar-refractivity contribution in [1.29, 1.82) is 0 Å². The number of carbonyl (C=O) groups is 1. The van der Waals surface area contributed by atoms with Gasteiger partial charge in [0.15, 0.2) is 5.13 Å². The maximum atomic E-state index is 14.6. The van der Waals surface area contributed by atoms with Crippen LogP contribution in [-0.4, -0.2) is 17.4 Å². The zero-order valence-corrected chi connectivity index (χ0v) is 16.5. The average Bonchev–Trinajstić information content (AvgIpc) is 2.93. The molecule has 0 spiro atoms. The van der Waals surface area contributed by atoms with Crippen molar-refractivity contribution in [3.63, 3.8) is 0 Å². The van der Waals surface area contributed by atoms with Gasteiger partial charge >= 0.3 is 0 Å². The zero-order chi connectivity index (χ0) is 18.8. The van der Waals surface area contributed by atoms with Gasteiger partial charge in [0.1, 0.15) is 5.82 Å². The smallest absolute Gasteiger partial charge is 0.251 e. The van der Waals surface area contributed by atoms with Crippen LogP contribution in [-0.2, 0) is 0 Å². The summed E-state index contributed by atoms with van der Waals surface area (Å²) in [6, 6.07) is 2.93. The number of thiazole rings is 1. The second-order valence-corrected chi connectivity index (χ2v) is 8.62. The fourth-order valence-electron chi connectivity index (χ4n) is 3.54. The number of hydrogen-bond acceptors (Lipinski definition) is 4. The molecule has 3 N–H and O–H groups in total. The second-order valence-electron chi connectivity index (χ2n) is 6.98. The van der Waals surface area contributed by atoms with Crippen molar-refractivity contribution in [1.82, 2.24) is 4.98 Å². The quantitative estimate of drug-likeness (QED) is 0.745. The van der Waals surface area contributed by atoms with Crippen molar-refractivity contribution in [3.8, 4) is 0 Å². The fourth-order valence-corrected chi connectivity index (χ4v) is 4.59. The van der Waals surface area contributed by atoms with E-state index < -0.39 is 11.7 Å². The number of aryl methyl sites for hydroxylation is 2. The third kappa shape index (κ3) is 4.18. The lowest BCUT2D eigenvalue weighted by Crippen LogP contribution is -2.22. The number of carbonyl (C=O) groups excluding carboxylic acids is 1. The van der Waals surface area contributed by atoms with E-state index in [1.807, 2.05) is 6.92 Å². The van der Waals surface area contributed by atoms with E-state index in [0.29, 0.717) is 16.5 Å². The van der Waals surface area contributed by atoms with E-state index in [9.17, 15) is 9.18 Å². The summed E-state index contributed by atoms with van der Waals surface area (Å²) >= 11 is 7.73. The molecule has 7 heteroatoms. The van der Waals surface area contributed by atoms with Crippen LogP contribution in [0.1, 0.15) is 58.1 Å². The highest BCUT2D eigenvalue weighted by molar-refractivity contribution is 7.15. The van der Waals surface area contributed by atoms with E-state index in [4.69, 9.17) is 17.3 Å². The van der Waals surface area contributed by atoms with E-state index in [2.05, 4.69) is 17.2 Å². The summed E-state index contributed by atoms with van der Waals surface area (Å²) in [4.78, 5) is 17.2. The number of aromatic nitrogens is 1. The lowest BCUT2D eigenvalue weighted by Gasteiger charge is -2.29. The minimum atomic E-state index is -0.779. The van der Waals surface area contributed by atoms with Gasteiger partial charge in [-0.1, -0.05) is 11.6 Å².